The van der Waals surface area contributed by atoms with Gasteiger partial charge in [0.2, 0.25) is 0 Å². The van der Waals surface area contributed by atoms with Crippen molar-refractivity contribution in [2.45, 2.75) is 257 Å². The van der Waals surface area contributed by atoms with Crippen molar-refractivity contribution in [2.24, 2.45) is 0 Å². The van der Waals surface area contributed by atoms with E-state index in [2.05, 4.69) is 26.9 Å². The molecule has 13 nitrogen and oxygen atoms in total. The average molecular weight is 1030 g/mol. The molecule has 0 N–H and O–H groups in total. The van der Waals surface area contributed by atoms with Crippen LogP contribution in [0.1, 0.15) is 200 Å². The quantitative estimate of drug-likeness (QED) is 0.183. The molecular weight excluding hydrogens is 953 g/mol. The largest absolute Gasteiger partial charge is 0.646 e. The Bertz CT molecular complexity index is 1500. The predicted molar refractivity (Wildman–Crippen MR) is 253 cm³/mol. The molecule has 0 aromatic carbocycles. The van der Waals surface area contributed by atoms with Gasteiger partial charge in [-0.25, -0.2) is 0 Å². The van der Waals surface area contributed by atoms with Crippen LogP contribution in [0.3, 0.4) is 0 Å². The zero-order valence-electron chi connectivity index (χ0n) is 38.9. The summed E-state index contributed by atoms with van der Waals surface area (Å²) >= 11 is 0. The molecule has 6 heterocycles. The van der Waals surface area contributed by atoms with Crippen molar-refractivity contribution in [2.75, 3.05) is 0 Å². The van der Waals surface area contributed by atoms with E-state index in [-0.39, 0.29) is 38.8 Å². The van der Waals surface area contributed by atoms with Crippen LogP contribution >= 0.6 is 0 Å². The Morgan fingerprint density at radius 3 is 0.698 bits per heavy atom. The number of rotatable bonds is 11. The van der Waals surface area contributed by atoms with Gasteiger partial charge in [-0.2, -0.15) is 0 Å². The van der Waals surface area contributed by atoms with Gasteiger partial charge in [-0.1, -0.05) is 110 Å². The molecule has 356 valence electrons. The fourth-order valence-electron chi connectivity index (χ4n) is 14.5. The van der Waals surface area contributed by atoms with Crippen LogP contribution < -0.4 is 0 Å². The highest BCUT2D eigenvalue weighted by molar-refractivity contribution is 7.04. The number of hydrogen-bond donors (Lipinski definition) is 0. The molecule has 63 heavy (non-hydrogen) atoms. The SMILES string of the molecule is CCC(C)[Si](C)(C)O[Si]12O[Si]3(C4CCCC4)O[Si]4(C5CCCC5)O[Si](C5CCCC5)(O1)O[Si]1(C5CCCC5)O[Si](C5CCCC5)(O2)O[Si](C2CCCC2)(O3)O[Si](C2CCCC2)(O4)O1. The van der Waals surface area contributed by atoms with Crippen molar-refractivity contribution in [3.05, 3.63) is 0 Å². The van der Waals surface area contributed by atoms with E-state index in [9.17, 15) is 0 Å². The van der Waals surface area contributed by atoms with Crippen molar-refractivity contribution < 1.29 is 53.5 Å². The summed E-state index contributed by atoms with van der Waals surface area (Å²) < 4.78 is 109. The first-order valence-corrected chi connectivity index (χ1v) is 43.8. The Morgan fingerprint density at radius 2 is 0.524 bits per heavy atom. The molecule has 13 fully saturated rings. The number of hydrogen-bond acceptors (Lipinski definition) is 13. The van der Waals surface area contributed by atoms with Crippen molar-refractivity contribution in [3.63, 3.8) is 0 Å². The molecule has 6 aliphatic heterocycles. The van der Waals surface area contributed by atoms with Crippen LogP contribution in [0, 0.1) is 0 Å². The smallest absolute Gasteiger partial charge is 0.395 e. The molecule has 8 bridgehead atoms. The molecule has 0 aromatic rings. The van der Waals surface area contributed by atoms with E-state index in [4.69, 9.17) is 53.5 Å². The highest BCUT2D eigenvalue weighted by Crippen LogP contribution is 2.66. The summed E-state index contributed by atoms with van der Waals surface area (Å²) in [6.07, 6.45) is 29.8. The van der Waals surface area contributed by atoms with E-state index >= 15 is 0 Å². The lowest BCUT2D eigenvalue weighted by atomic mass is 10.4. The van der Waals surface area contributed by atoms with Crippen LogP contribution in [0.25, 0.3) is 0 Å². The van der Waals surface area contributed by atoms with Crippen molar-refractivity contribution >= 4 is 79.0 Å². The molecule has 0 aromatic heterocycles. The third kappa shape index (κ3) is 7.52. The normalized spacial score (nSPS) is 47.8. The van der Waals surface area contributed by atoms with Gasteiger partial charge < -0.3 is 53.5 Å². The Balaban J connectivity index is 1.19. The van der Waals surface area contributed by atoms with E-state index in [1.54, 1.807) is 0 Å². The average Bonchev–Trinajstić information content (AvgIpc) is 4.08. The summed E-state index contributed by atoms with van der Waals surface area (Å²) in [6, 6.07) is 0. The summed E-state index contributed by atoms with van der Waals surface area (Å²) in [7, 11) is -35.0. The van der Waals surface area contributed by atoms with Gasteiger partial charge in [-0.15, -0.1) is 0 Å². The van der Waals surface area contributed by atoms with E-state index in [1.165, 1.54) is 0 Å². The lowest BCUT2D eigenvalue weighted by Gasteiger charge is -2.66. The third-order valence-corrected chi connectivity index (χ3v) is 62.4. The van der Waals surface area contributed by atoms with Gasteiger partial charge in [0.25, 0.3) is 0 Å². The van der Waals surface area contributed by atoms with E-state index in [0.29, 0.717) is 5.54 Å². The van der Waals surface area contributed by atoms with E-state index in [0.717, 1.165) is 186 Å². The first-order chi connectivity index (χ1) is 30.4. The second-order valence-electron chi connectivity index (χ2n) is 22.8. The monoisotopic (exact) mass is 1030 g/mol. The zero-order valence-corrected chi connectivity index (χ0v) is 47.9. The van der Waals surface area contributed by atoms with Gasteiger partial charge in [0.15, 0.2) is 8.32 Å². The fraction of sp³-hybridized carbons (Fsp3) is 1.00. The van der Waals surface area contributed by atoms with Crippen LogP contribution in [-0.2, 0) is 53.5 Å². The Morgan fingerprint density at radius 1 is 0.349 bits per heavy atom. The Hall–Kier alpha value is 1.43. The topological polar surface area (TPSA) is 120 Å². The van der Waals surface area contributed by atoms with Crippen molar-refractivity contribution in [1.82, 2.24) is 0 Å². The highest BCUT2D eigenvalue weighted by Gasteiger charge is 2.89. The minimum atomic E-state index is -4.44. The summed E-state index contributed by atoms with van der Waals surface area (Å²) in [4.78, 5) is 0. The minimum absolute atomic E-state index is 0.00274. The maximum Gasteiger partial charge on any atom is 0.646 e. The van der Waals surface area contributed by atoms with E-state index in [1.807, 2.05) is 0 Å². The summed E-state index contributed by atoms with van der Waals surface area (Å²) in [6.45, 7) is 9.27. The molecule has 1 atom stereocenters. The van der Waals surface area contributed by atoms with Crippen LogP contribution in [0.15, 0.2) is 0 Å². The van der Waals surface area contributed by atoms with Crippen LogP contribution in [0.4, 0.5) is 0 Å². The van der Waals surface area contributed by atoms with Gasteiger partial charge in [0.05, 0.1) is 0 Å². The summed E-state index contributed by atoms with van der Waals surface area (Å²) in [5.41, 5.74) is 0.481. The van der Waals surface area contributed by atoms with Crippen LogP contribution in [0.5, 0.6) is 0 Å². The van der Waals surface area contributed by atoms with Crippen molar-refractivity contribution in [3.8, 4) is 0 Å². The maximum atomic E-state index is 8.49. The maximum absolute atomic E-state index is 8.49. The molecule has 7 saturated carbocycles. The van der Waals surface area contributed by atoms with Gasteiger partial charge >= 0.3 is 70.7 Å². The van der Waals surface area contributed by atoms with Crippen molar-refractivity contribution in [1.29, 1.82) is 0 Å². The highest BCUT2D eigenvalue weighted by atomic mass is 28.6. The molecule has 7 aliphatic carbocycles. The first kappa shape index (κ1) is 45.6. The summed E-state index contributed by atoms with van der Waals surface area (Å²) in [5.74, 6) is 0. The lowest BCUT2D eigenvalue weighted by molar-refractivity contribution is -0.0612. The van der Waals surface area contributed by atoms with Crippen LogP contribution in [-0.4, -0.2) is 79.0 Å². The van der Waals surface area contributed by atoms with Crippen LogP contribution in [0.2, 0.25) is 57.4 Å². The van der Waals surface area contributed by atoms with Gasteiger partial charge in [0, 0.05) is 38.8 Å². The summed E-state index contributed by atoms with van der Waals surface area (Å²) in [5, 5.41) is 0. The molecule has 22 heteroatoms. The molecule has 0 radical (unpaired) electrons. The molecule has 13 rings (SSSR count). The molecule has 0 amide bonds. The second kappa shape index (κ2) is 16.8. The van der Waals surface area contributed by atoms with Gasteiger partial charge in [-0.3, -0.25) is 0 Å². The van der Waals surface area contributed by atoms with E-state index < -0.39 is 79.0 Å². The second-order valence-corrected chi connectivity index (χ2v) is 52.8. The van der Waals surface area contributed by atoms with Gasteiger partial charge in [0.1, 0.15) is 0 Å². The lowest BCUT2D eigenvalue weighted by Crippen LogP contribution is -2.91. The molecule has 0 spiro atoms. The Kier molecular flexibility index (Phi) is 12.1. The Labute approximate surface area is 387 Å². The van der Waals surface area contributed by atoms with Gasteiger partial charge in [-0.05, 0) is 109 Å². The first-order valence-electron chi connectivity index (χ1n) is 26.5. The minimum Gasteiger partial charge on any atom is -0.395 e. The molecule has 6 saturated heterocycles. The standard InChI is InChI=1S/C41H78O13Si9/c1-5-34(2)55(3,4)42-63-52-60(39-28-14-15-29-39)46-57(36-22-8-9-23-36)43-56(35-20-6-7-21-35)44-58(48-60,37-24-10-11-25-37)50-62(54-63,41-32-18-19-33-41)51-59(45-56,38-26-12-13-27-38)49-61(47-57,53-63)40-30-16-17-31-40/h34-41H,5-33H2,1-4H3. The third-order valence-electron chi connectivity index (χ3n) is 18.5. The predicted octanol–water partition coefficient (Wildman–Crippen LogP) is 11.9. The molecule has 13 aliphatic rings. The molecular formula is C41H78O13Si9. The fourth-order valence-corrected chi connectivity index (χ4v) is 73.7. The zero-order chi connectivity index (χ0) is 42.8. The molecule has 1 unspecified atom stereocenters.